The van der Waals surface area contributed by atoms with Crippen LogP contribution < -0.4 is 10.2 Å². The number of aryl methyl sites for hydroxylation is 2. The third kappa shape index (κ3) is 6.22. The van der Waals surface area contributed by atoms with Gasteiger partial charge in [-0.1, -0.05) is 54.6 Å². The van der Waals surface area contributed by atoms with Gasteiger partial charge in [-0.15, -0.1) is 0 Å². The number of piperazine rings is 1. The molecular formula is C28H31N3O2. The van der Waals surface area contributed by atoms with Crippen LogP contribution in [0.25, 0.3) is 0 Å². The lowest BCUT2D eigenvalue weighted by Gasteiger charge is -2.36. The molecule has 1 heterocycles. The Kier molecular flexibility index (Phi) is 7.40. The van der Waals surface area contributed by atoms with E-state index in [4.69, 9.17) is 0 Å². The van der Waals surface area contributed by atoms with Gasteiger partial charge < -0.3 is 15.1 Å². The van der Waals surface area contributed by atoms with Gasteiger partial charge >= 0.3 is 0 Å². The topological polar surface area (TPSA) is 52.7 Å². The highest BCUT2D eigenvalue weighted by molar-refractivity contribution is 5.91. The summed E-state index contributed by atoms with van der Waals surface area (Å²) in [4.78, 5) is 29.2. The molecule has 33 heavy (non-hydrogen) atoms. The van der Waals surface area contributed by atoms with E-state index >= 15 is 0 Å². The van der Waals surface area contributed by atoms with E-state index in [1.807, 2.05) is 77.7 Å². The highest BCUT2D eigenvalue weighted by Gasteiger charge is 2.21. The van der Waals surface area contributed by atoms with Gasteiger partial charge in [-0.2, -0.15) is 0 Å². The fourth-order valence-corrected chi connectivity index (χ4v) is 4.18. The molecule has 0 saturated carbocycles. The van der Waals surface area contributed by atoms with Gasteiger partial charge in [-0.25, -0.2) is 0 Å². The van der Waals surface area contributed by atoms with Crippen LogP contribution >= 0.6 is 0 Å². The second-order valence-electron chi connectivity index (χ2n) is 8.55. The van der Waals surface area contributed by atoms with Gasteiger partial charge in [0.1, 0.15) is 0 Å². The molecule has 0 atom stereocenters. The Labute approximate surface area is 196 Å². The first-order chi connectivity index (χ1) is 16.1. The molecule has 0 spiro atoms. The number of anilines is 2. The van der Waals surface area contributed by atoms with Gasteiger partial charge in [0.05, 0.1) is 6.42 Å². The monoisotopic (exact) mass is 441 g/mol. The minimum absolute atomic E-state index is 0.0207. The maximum absolute atomic E-state index is 12.7. The lowest BCUT2D eigenvalue weighted by Crippen LogP contribution is -2.49. The summed E-state index contributed by atoms with van der Waals surface area (Å²) in [6.45, 7) is 5.12. The number of nitrogens with zero attached hydrogens (tertiary/aromatic N) is 2. The van der Waals surface area contributed by atoms with Crippen molar-refractivity contribution in [3.8, 4) is 0 Å². The lowest BCUT2D eigenvalue weighted by molar-refractivity contribution is -0.130. The Morgan fingerprint density at radius 2 is 1.48 bits per heavy atom. The van der Waals surface area contributed by atoms with E-state index in [2.05, 4.69) is 23.2 Å². The van der Waals surface area contributed by atoms with E-state index in [9.17, 15) is 9.59 Å². The zero-order valence-electron chi connectivity index (χ0n) is 19.2. The van der Waals surface area contributed by atoms with Crippen LogP contribution in [0.5, 0.6) is 0 Å². The Bertz CT molecular complexity index is 1070. The molecule has 3 aromatic carbocycles. The maximum atomic E-state index is 12.7. The van der Waals surface area contributed by atoms with Gasteiger partial charge in [-0.05, 0) is 54.3 Å². The second kappa shape index (κ2) is 10.8. The van der Waals surface area contributed by atoms with E-state index in [1.165, 1.54) is 5.56 Å². The van der Waals surface area contributed by atoms with Crippen molar-refractivity contribution >= 4 is 23.2 Å². The van der Waals surface area contributed by atoms with E-state index in [0.29, 0.717) is 12.8 Å². The van der Waals surface area contributed by atoms with Gasteiger partial charge in [0, 0.05) is 44.0 Å². The molecule has 2 amide bonds. The summed E-state index contributed by atoms with van der Waals surface area (Å²) in [5.41, 5.74) is 5.36. The molecule has 3 aromatic rings. The second-order valence-corrected chi connectivity index (χ2v) is 8.55. The predicted molar refractivity (Wildman–Crippen MR) is 134 cm³/mol. The van der Waals surface area contributed by atoms with Gasteiger partial charge in [-0.3, -0.25) is 9.59 Å². The Morgan fingerprint density at radius 3 is 2.18 bits per heavy atom. The predicted octanol–water partition coefficient (Wildman–Crippen LogP) is 4.46. The summed E-state index contributed by atoms with van der Waals surface area (Å²) in [7, 11) is 0. The number of amides is 2. The third-order valence-corrected chi connectivity index (χ3v) is 6.24. The molecule has 1 fully saturated rings. The molecule has 1 aliphatic heterocycles. The van der Waals surface area contributed by atoms with Crippen LogP contribution in [0.2, 0.25) is 0 Å². The summed E-state index contributed by atoms with van der Waals surface area (Å²) in [6.07, 6.45) is 1.66. The van der Waals surface area contributed by atoms with Crippen molar-refractivity contribution < 1.29 is 9.59 Å². The number of carbonyl (C=O) groups excluding carboxylic acids is 2. The number of benzene rings is 3. The van der Waals surface area contributed by atoms with Crippen LogP contribution in [-0.2, 0) is 22.4 Å². The van der Waals surface area contributed by atoms with Gasteiger partial charge in [0.2, 0.25) is 11.8 Å². The first kappa shape index (κ1) is 22.6. The number of hydrogen-bond donors (Lipinski definition) is 1. The standard InChI is InChI=1S/C28H31N3O2/c1-22-7-5-6-10-24(22)21-28(33)31-19-17-30(18-20-31)26-14-12-25(13-15-26)29-27(32)16-11-23-8-3-2-4-9-23/h2-10,12-15H,11,16-21H2,1H3,(H,29,32). The Hall–Kier alpha value is -3.60. The SMILES string of the molecule is Cc1ccccc1CC(=O)N1CCN(c2ccc(NC(=O)CCc3ccccc3)cc2)CC1. The number of nitrogens with one attached hydrogen (secondary N) is 1. The van der Waals surface area contributed by atoms with Crippen LogP contribution in [0.1, 0.15) is 23.1 Å². The number of carbonyl (C=O) groups is 2. The summed E-state index contributed by atoms with van der Waals surface area (Å²) < 4.78 is 0. The first-order valence-electron chi connectivity index (χ1n) is 11.6. The molecule has 1 saturated heterocycles. The highest BCUT2D eigenvalue weighted by atomic mass is 16.2. The average Bonchev–Trinajstić information content (AvgIpc) is 2.85. The molecule has 0 bridgehead atoms. The van der Waals surface area contributed by atoms with Crippen LogP contribution in [0.4, 0.5) is 11.4 Å². The maximum Gasteiger partial charge on any atom is 0.227 e. The highest BCUT2D eigenvalue weighted by Crippen LogP contribution is 2.20. The number of hydrogen-bond acceptors (Lipinski definition) is 3. The Balaban J connectivity index is 1.24. The summed E-state index contributed by atoms with van der Waals surface area (Å²) in [5.74, 6) is 0.213. The molecule has 0 aromatic heterocycles. The molecule has 0 aliphatic carbocycles. The largest absolute Gasteiger partial charge is 0.368 e. The minimum Gasteiger partial charge on any atom is -0.368 e. The van der Waals surface area contributed by atoms with Crippen molar-refractivity contribution in [2.24, 2.45) is 0 Å². The molecule has 170 valence electrons. The summed E-state index contributed by atoms with van der Waals surface area (Å²) >= 11 is 0. The molecule has 0 unspecified atom stereocenters. The number of rotatable bonds is 7. The van der Waals surface area contributed by atoms with Crippen molar-refractivity contribution in [2.75, 3.05) is 36.4 Å². The molecule has 4 rings (SSSR count). The fraction of sp³-hybridized carbons (Fsp3) is 0.286. The molecule has 1 N–H and O–H groups in total. The van der Waals surface area contributed by atoms with E-state index in [0.717, 1.165) is 55.1 Å². The van der Waals surface area contributed by atoms with Gasteiger partial charge in [0.15, 0.2) is 0 Å². The van der Waals surface area contributed by atoms with Crippen LogP contribution in [0.3, 0.4) is 0 Å². The smallest absolute Gasteiger partial charge is 0.227 e. The minimum atomic E-state index is 0.0207. The van der Waals surface area contributed by atoms with Crippen LogP contribution in [0, 0.1) is 6.92 Å². The van der Waals surface area contributed by atoms with Crippen molar-refractivity contribution in [2.45, 2.75) is 26.2 Å². The molecule has 1 aliphatic rings. The summed E-state index contributed by atoms with van der Waals surface area (Å²) in [5, 5.41) is 2.98. The lowest BCUT2D eigenvalue weighted by atomic mass is 10.1. The van der Waals surface area contributed by atoms with Crippen molar-refractivity contribution in [1.29, 1.82) is 0 Å². The fourth-order valence-electron chi connectivity index (χ4n) is 4.18. The van der Waals surface area contributed by atoms with Crippen LogP contribution in [0.15, 0.2) is 78.9 Å². The zero-order chi connectivity index (χ0) is 23.0. The molecule has 5 heteroatoms. The van der Waals surface area contributed by atoms with E-state index in [-0.39, 0.29) is 11.8 Å². The first-order valence-corrected chi connectivity index (χ1v) is 11.6. The van der Waals surface area contributed by atoms with Gasteiger partial charge in [0.25, 0.3) is 0 Å². The van der Waals surface area contributed by atoms with E-state index < -0.39 is 0 Å². The Morgan fingerprint density at radius 1 is 0.818 bits per heavy atom. The molecular weight excluding hydrogens is 410 g/mol. The average molecular weight is 442 g/mol. The van der Waals surface area contributed by atoms with Crippen LogP contribution in [-0.4, -0.2) is 42.9 Å². The van der Waals surface area contributed by atoms with Crippen molar-refractivity contribution in [3.05, 3.63) is 95.6 Å². The normalized spacial score (nSPS) is 13.6. The van der Waals surface area contributed by atoms with E-state index in [1.54, 1.807) is 0 Å². The van der Waals surface area contributed by atoms with Crippen molar-refractivity contribution in [1.82, 2.24) is 4.90 Å². The molecule has 5 nitrogen and oxygen atoms in total. The quantitative estimate of drug-likeness (QED) is 0.589. The zero-order valence-corrected chi connectivity index (χ0v) is 19.2. The van der Waals surface area contributed by atoms with Crippen molar-refractivity contribution in [3.63, 3.8) is 0 Å². The molecule has 0 radical (unpaired) electrons. The summed E-state index contributed by atoms with van der Waals surface area (Å²) in [6, 6.07) is 26.1. The third-order valence-electron chi connectivity index (χ3n) is 6.24.